The Hall–Kier alpha value is -2.69. The smallest absolute Gasteiger partial charge is 0.254 e. The minimum Gasteiger partial charge on any atom is -0.488 e. The SMILES string of the molecule is CC(C)Oc1c([C@H]2[C@H](C(=O)Nc3cnc([C@H](O)CO)nc3)OC(C)(C)[C@H]2C)ccc(F)c1F. The number of ether oxygens (including phenoxy) is 2. The number of hydrogen-bond donors (Lipinski definition) is 3. The fourth-order valence-corrected chi connectivity index (χ4v) is 3.89. The average molecular weight is 465 g/mol. The summed E-state index contributed by atoms with van der Waals surface area (Å²) < 4.78 is 40.4. The maximum atomic E-state index is 14.7. The number of nitrogens with one attached hydrogen (secondary N) is 1. The van der Waals surface area contributed by atoms with Gasteiger partial charge in [-0.1, -0.05) is 13.0 Å². The zero-order valence-electron chi connectivity index (χ0n) is 19.2. The predicted octanol–water partition coefficient (Wildman–Crippen LogP) is 3.10. The Kier molecular flexibility index (Phi) is 7.30. The summed E-state index contributed by atoms with van der Waals surface area (Å²) >= 11 is 0. The molecule has 180 valence electrons. The van der Waals surface area contributed by atoms with Crippen LogP contribution in [0.15, 0.2) is 24.5 Å². The lowest BCUT2D eigenvalue weighted by Crippen LogP contribution is -2.33. The van der Waals surface area contributed by atoms with Crippen LogP contribution in [0.2, 0.25) is 0 Å². The first-order valence-electron chi connectivity index (χ1n) is 10.7. The van der Waals surface area contributed by atoms with E-state index in [0.29, 0.717) is 5.56 Å². The summed E-state index contributed by atoms with van der Waals surface area (Å²) in [7, 11) is 0. The van der Waals surface area contributed by atoms with Crippen molar-refractivity contribution in [1.29, 1.82) is 0 Å². The van der Waals surface area contributed by atoms with E-state index in [0.717, 1.165) is 6.07 Å². The van der Waals surface area contributed by atoms with E-state index in [1.807, 2.05) is 20.8 Å². The Morgan fingerprint density at radius 2 is 1.91 bits per heavy atom. The van der Waals surface area contributed by atoms with E-state index in [9.17, 15) is 18.7 Å². The first-order valence-corrected chi connectivity index (χ1v) is 10.7. The molecule has 1 saturated heterocycles. The second-order valence-electron chi connectivity index (χ2n) is 8.92. The third-order valence-corrected chi connectivity index (χ3v) is 5.85. The van der Waals surface area contributed by atoms with Gasteiger partial charge in [-0.2, -0.15) is 4.39 Å². The summed E-state index contributed by atoms with van der Waals surface area (Å²) in [5.41, 5.74) is -0.144. The molecule has 8 nitrogen and oxygen atoms in total. The molecule has 0 aliphatic carbocycles. The summed E-state index contributed by atoms with van der Waals surface area (Å²) in [6.07, 6.45) is -0.0861. The number of amides is 1. The van der Waals surface area contributed by atoms with Crippen molar-refractivity contribution in [1.82, 2.24) is 9.97 Å². The molecule has 1 aromatic carbocycles. The number of halogens is 2. The molecule has 0 spiro atoms. The number of aliphatic hydroxyl groups excluding tert-OH is 2. The second kappa shape index (κ2) is 9.66. The van der Waals surface area contributed by atoms with E-state index in [4.69, 9.17) is 14.6 Å². The van der Waals surface area contributed by atoms with Gasteiger partial charge in [0.2, 0.25) is 5.82 Å². The van der Waals surface area contributed by atoms with Crippen molar-refractivity contribution in [3.05, 3.63) is 47.5 Å². The Morgan fingerprint density at radius 1 is 1.27 bits per heavy atom. The highest BCUT2D eigenvalue weighted by Gasteiger charge is 2.51. The molecule has 1 aromatic heterocycles. The molecule has 3 rings (SSSR count). The van der Waals surface area contributed by atoms with E-state index < -0.39 is 54.0 Å². The molecule has 1 fully saturated rings. The van der Waals surface area contributed by atoms with Crippen molar-refractivity contribution in [2.45, 2.75) is 64.4 Å². The molecule has 10 heteroatoms. The van der Waals surface area contributed by atoms with Gasteiger partial charge < -0.3 is 25.0 Å². The first kappa shape index (κ1) is 24.9. The van der Waals surface area contributed by atoms with Gasteiger partial charge in [0.25, 0.3) is 5.91 Å². The molecular weight excluding hydrogens is 436 g/mol. The van der Waals surface area contributed by atoms with Crippen molar-refractivity contribution in [3.63, 3.8) is 0 Å². The number of carbonyl (C=O) groups excluding carboxylic acids is 1. The maximum absolute atomic E-state index is 14.7. The van der Waals surface area contributed by atoms with Crippen molar-refractivity contribution >= 4 is 11.6 Å². The first-order chi connectivity index (χ1) is 15.5. The van der Waals surface area contributed by atoms with Crippen LogP contribution in [0, 0.1) is 17.6 Å². The topological polar surface area (TPSA) is 114 Å². The number of aliphatic hydroxyl groups is 2. The third-order valence-electron chi connectivity index (χ3n) is 5.85. The van der Waals surface area contributed by atoms with Gasteiger partial charge in [0, 0.05) is 11.5 Å². The van der Waals surface area contributed by atoms with Crippen LogP contribution in [0.1, 0.15) is 58.0 Å². The predicted molar refractivity (Wildman–Crippen MR) is 116 cm³/mol. The summed E-state index contributed by atoms with van der Waals surface area (Å²) in [4.78, 5) is 21.1. The summed E-state index contributed by atoms with van der Waals surface area (Å²) in [6.45, 7) is 8.41. The van der Waals surface area contributed by atoms with Gasteiger partial charge in [-0.05, 0) is 39.7 Å². The largest absolute Gasteiger partial charge is 0.488 e. The van der Waals surface area contributed by atoms with Crippen LogP contribution in [-0.4, -0.2) is 50.5 Å². The Bertz CT molecular complexity index is 1000. The molecule has 0 radical (unpaired) electrons. The fraction of sp³-hybridized carbons (Fsp3) is 0.522. The van der Waals surface area contributed by atoms with E-state index in [-0.39, 0.29) is 23.2 Å². The molecule has 33 heavy (non-hydrogen) atoms. The van der Waals surface area contributed by atoms with E-state index in [1.165, 1.54) is 18.5 Å². The fourth-order valence-electron chi connectivity index (χ4n) is 3.89. The van der Waals surface area contributed by atoms with Gasteiger partial charge in [0.15, 0.2) is 17.4 Å². The molecule has 4 atom stereocenters. The molecule has 1 aliphatic rings. The number of carbonyl (C=O) groups is 1. The Balaban J connectivity index is 1.95. The van der Waals surface area contributed by atoms with Crippen LogP contribution in [0.25, 0.3) is 0 Å². The van der Waals surface area contributed by atoms with Crippen LogP contribution < -0.4 is 10.1 Å². The molecule has 1 amide bonds. The average Bonchev–Trinajstić information content (AvgIpc) is 3.00. The maximum Gasteiger partial charge on any atom is 0.254 e. The van der Waals surface area contributed by atoms with Crippen molar-refractivity contribution in [2.24, 2.45) is 5.92 Å². The van der Waals surface area contributed by atoms with E-state index >= 15 is 0 Å². The van der Waals surface area contributed by atoms with Gasteiger partial charge in [-0.3, -0.25) is 4.79 Å². The third kappa shape index (κ3) is 5.13. The molecule has 2 aromatic rings. The number of anilines is 1. The monoisotopic (exact) mass is 465 g/mol. The van der Waals surface area contributed by atoms with Crippen LogP contribution >= 0.6 is 0 Å². The van der Waals surface area contributed by atoms with Gasteiger partial charge in [-0.25, -0.2) is 14.4 Å². The number of nitrogens with zero attached hydrogens (tertiary/aromatic N) is 2. The van der Waals surface area contributed by atoms with Crippen molar-refractivity contribution in [2.75, 3.05) is 11.9 Å². The highest BCUT2D eigenvalue weighted by atomic mass is 19.2. The van der Waals surface area contributed by atoms with E-state index in [1.54, 1.807) is 13.8 Å². The lowest BCUT2D eigenvalue weighted by atomic mass is 9.78. The minimum absolute atomic E-state index is 0.0116. The molecule has 1 aliphatic heterocycles. The van der Waals surface area contributed by atoms with Crippen LogP contribution in [0.4, 0.5) is 14.5 Å². The normalized spacial score (nSPS) is 22.9. The van der Waals surface area contributed by atoms with Gasteiger partial charge >= 0.3 is 0 Å². The number of hydrogen-bond acceptors (Lipinski definition) is 7. The second-order valence-corrected chi connectivity index (χ2v) is 8.92. The van der Waals surface area contributed by atoms with Crippen LogP contribution in [0.5, 0.6) is 5.75 Å². The zero-order valence-corrected chi connectivity index (χ0v) is 19.2. The molecule has 0 bridgehead atoms. The number of rotatable bonds is 7. The molecule has 3 N–H and O–H groups in total. The van der Waals surface area contributed by atoms with Crippen LogP contribution in [0.3, 0.4) is 0 Å². The standard InChI is InChI=1S/C23H29F2N3O5/c1-11(2)32-19-14(6-7-15(24)18(19)25)17-12(3)23(4,5)33-20(17)22(31)28-13-8-26-21(27-9-13)16(30)10-29/h6-9,11-12,16-17,20,29-30H,10H2,1-5H3,(H,28,31)/t12-,16+,17-,20+/m0/s1. The highest BCUT2D eigenvalue weighted by Crippen LogP contribution is 2.49. The quantitative estimate of drug-likeness (QED) is 0.576. The number of aromatic nitrogens is 2. The van der Waals surface area contributed by atoms with E-state index in [2.05, 4.69) is 15.3 Å². The Labute approximate surface area is 191 Å². The van der Waals surface area contributed by atoms with Crippen LogP contribution in [-0.2, 0) is 9.53 Å². The molecule has 2 heterocycles. The van der Waals surface area contributed by atoms with Crippen molar-refractivity contribution in [3.8, 4) is 5.75 Å². The molecule has 0 saturated carbocycles. The van der Waals surface area contributed by atoms with Gasteiger partial charge in [0.1, 0.15) is 12.2 Å². The summed E-state index contributed by atoms with van der Waals surface area (Å²) in [6, 6.07) is 2.44. The molecular formula is C23H29F2N3O5. The summed E-state index contributed by atoms with van der Waals surface area (Å²) in [5, 5.41) is 21.3. The lowest BCUT2D eigenvalue weighted by molar-refractivity contribution is -0.131. The van der Waals surface area contributed by atoms with Gasteiger partial charge in [-0.15, -0.1) is 0 Å². The summed E-state index contributed by atoms with van der Waals surface area (Å²) in [5.74, 6) is -3.75. The number of benzene rings is 1. The van der Waals surface area contributed by atoms with Crippen molar-refractivity contribution < 1.29 is 33.3 Å². The highest BCUT2D eigenvalue weighted by molar-refractivity contribution is 5.95. The Morgan fingerprint density at radius 3 is 2.48 bits per heavy atom. The minimum atomic E-state index is -1.23. The zero-order chi connectivity index (χ0) is 24.5. The van der Waals surface area contributed by atoms with Gasteiger partial charge in [0.05, 0.1) is 36.4 Å². The lowest BCUT2D eigenvalue weighted by Gasteiger charge is -2.26. The molecule has 0 unspecified atom stereocenters.